The van der Waals surface area contributed by atoms with Gasteiger partial charge in [-0.1, -0.05) is 18.2 Å². The summed E-state index contributed by atoms with van der Waals surface area (Å²) in [6, 6.07) is 8.64. The monoisotopic (exact) mass is 256 g/mol. The van der Waals surface area contributed by atoms with Crippen LogP contribution in [-0.4, -0.2) is 57.7 Å². The van der Waals surface area contributed by atoms with E-state index in [0.29, 0.717) is 5.75 Å². The van der Waals surface area contributed by atoms with Crippen LogP contribution in [0.1, 0.15) is 0 Å². The van der Waals surface area contributed by atoms with Crippen LogP contribution in [0, 0.1) is 0 Å². The van der Waals surface area contributed by atoms with Crippen LogP contribution >= 0.6 is 0 Å². The molecule has 0 saturated carbocycles. The quantitative estimate of drug-likeness (QED) is 0.546. The third kappa shape index (κ3) is 2.63. The van der Waals surface area contributed by atoms with E-state index in [1.807, 2.05) is 0 Å². The first-order chi connectivity index (χ1) is 8.63. The Morgan fingerprint density at radius 1 is 1.00 bits per heavy atom. The van der Waals surface area contributed by atoms with Crippen molar-refractivity contribution in [3.8, 4) is 5.75 Å². The second-order valence-corrected chi connectivity index (χ2v) is 4.13. The fourth-order valence-electron chi connectivity index (χ4n) is 1.80. The van der Waals surface area contributed by atoms with Crippen molar-refractivity contribution in [3.63, 3.8) is 0 Å². The lowest BCUT2D eigenvalue weighted by molar-refractivity contribution is -0.277. The molecule has 0 spiro atoms. The van der Waals surface area contributed by atoms with Gasteiger partial charge in [-0.15, -0.1) is 0 Å². The summed E-state index contributed by atoms with van der Waals surface area (Å²) in [7, 11) is 0. The molecule has 0 radical (unpaired) electrons. The zero-order valence-corrected chi connectivity index (χ0v) is 9.59. The molecule has 6 heteroatoms. The van der Waals surface area contributed by atoms with Gasteiger partial charge < -0.3 is 29.9 Å². The molecule has 0 bridgehead atoms. The van der Waals surface area contributed by atoms with Crippen LogP contribution in [0.3, 0.4) is 0 Å². The molecule has 1 saturated heterocycles. The van der Waals surface area contributed by atoms with Gasteiger partial charge in [0.15, 0.2) is 0 Å². The Bertz CT molecular complexity index is 368. The highest BCUT2D eigenvalue weighted by molar-refractivity contribution is 5.21. The Labute approximate surface area is 104 Å². The minimum atomic E-state index is -1.43. The van der Waals surface area contributed by atoms with Gasteiger partial charge in [0, 0.05) is 0 Å². The van der Waals surface area contributed by atoms with Crippen LogP contribution in [0.15, 0.2) is 30.3 Å². The van der Waals surface area contributed by atoms with Crippen LogP contribution in [0.5, 0.6) is 5.75 Å². The average Bonchev–Trinajstić information content (AvgIpc) is 2.40. The molecule has 100 valence electrons. The van der Waals surface area contributed by atoms with Crippen molar-refractivity contribution >= 4 is 0 Å². The van der Waals surface area contributed by atoms with Gasteiger partial charge in [-0.3, -0.25) is 0 Å². The van der Waals surface area contributed by atoms with Crippen LogP contribution < -0.4 is 4.74 Å². The van der Waals surface area contributed by atoms with Gasteiger partial charge in [-0.05, 0) is 12.1 Å². The molecule has 1 fully saturated rings. The SMILES string of the molecule is OC[C@H]1O[C@@H](Oc2ccccc2)[C@H](O)[C@H](O)[C@H]1O. The smallest absolute Gasteiger partial charge is 0.229 e. The summed E-state index contributed by atoms with van der Waals surface area (Å²) in [6.45, 7) is -0.473. The number of para-hydroxylation sites is 1. The maximum atomic E-state index is 9.74. The number of hydrogen-bond donors (Lipinski definition) is 4. The molecule has 18 heavy (non-hydrogen) atoms. The molecule has 0 aliphatic carbocycles. The molecule has 2 rings (SSSR count). The lowest BCUT2D eigenvalue weighted by atomic mass is 9.99. The van der Waals surface area contributed by atoms with Crippen LogP contribution in [0.25, 0.3) is 0 Å². The average molecular weight is 256 g/mol. The summed E-state index contributed by atoms with van der Waals surface area (Å²) in [5.74, 6) is 0.460. The van der Waals surface area contributed by atoms with E-state index in [-0.39, 0.29) is 0 Å². The van der Waals surface area contributed by atoms with Crippen molar-refractivity contribution in [1.29, 1.82) is 0 Å². The van der Waals surface area contributed by atoms with E-state index in [4.69, 9.17) is 14.6 Å². The van der Waals surface area contributed by atoms with Crippen molar-refractivity contribution in [2.45, 2.75) is 30.7 Å². The van der Waals surface area contributed by atoms with E-state index in [1.54, 1.807) is 30.3 Å². The number of aliphatic hydroxyl groups excluding tert-OH is 4. The zero-order chi connectivity index (χ0) is 13.1. The van der Waals surface area contributed by atoms with Gasteiger partial charge in [-0.25, -0.2) is 0 Å². The highest BCUT2D eigenvalue weighted by atomic mass is 16.7. The Morgan fingerprint density at radius 2 is 1.67 bits per heavy atom. The summed E-state index contributed by atoms with van der Waals surface area (Å²) < 4.78 is 10.6. The van der Waals surface area contributed by atoms with Crippen LogP contribution in [-0.2, 0) is 4.74 Å². The minimum Gasteiger partial charge on any atom is -0.462 e. The molecule has 6 nitrogen and oxygen atoms in total. The molecule has 1 aromatic carbocycles. The molecule has 1 aliphatic rings. The predicted molar refractivity (Wildman–Crippen MR) is 60.8 cm³/mol. The normalized spacial score (nSPS) is 36.3. The fraction of sp³-hybridized carbons (Fsp3) is 0.500. The van der Waals surface area contributed by atoms with E-state index in [2.05, 4.69) is 0 Å². The van der Waals surface area contributed by atoms with Crippen LogP contribution in [0.2, 0.25) is 0 Å². The maximum Gasteiger partial charge on any atom is 0.229 e. The zero-order valence-electron chi connectivity index (χ0n) is 9.59. The molecule has 4 N–H and O–H groups in total. The topological polar surface area (TPSA) is 99.4 Å². The van der Waals surface area contributed by atoms with Gasteiger partial charge in [0.1, 0.15) is 30.2 Å². The summed E-state index contributed by atoms with van der Waals surface area (Å²) in [5, 5.41) is 37.9. The summed E-state index contributed by atoms with van der Waals surface area (Å²) in [5.41, 5.74) is 0. The Morgan fingerprint density at radius 3 is 2.28 bits per heavy atom. The first-order valence-corrected chi connectivity index (χ1v) is 5.65. The molecule has 0 unspecified atom stereocenters. The van der Waals surface area contributed by atoms with Crippen molar-refractivity contribution in [2.75, 3.05) is 6.61 Å². The van der Waals surface area contributed by atoms with Crippen molar-refractivity contribution in [2.24, 2.45) is 0 Å². The summed E-state index contributed by atoms with van der Waals surface area (Å²) in [4.78, 5) is 0. The lowest BCUT2D eigenvalue weighted by Crippen LogP contribution is -2.60. The van der Waals surface area contributed by atoms with Crippen molar-refractivity contribution in [3.05, 3.63) is 30.3 Å². The van der Waals surface area contributed by atoms with E-state index >= 15 is 0 Å². The highest BCUT2D eigenvalue weighted by Gasteiger charge is 2.44. The number of rotatable bonds is 3. The molecule has 5 atom stereocenters. The predicted octanol–water partition coefficient (Wildman–Crippen LogP) is -1.13. The molecule has 1 heterocycles. The number of aliphatic hydroxyl groups is 4. The van der Waals surface area contributed by atoms with Gasteiger partial charge in [0.05, 0.1) is 6.61 Å². The fourth-order valence-corrected chi connectivity index (χ4v) is 1.80. The molecule has 0 aromatic heterocycles. The third-order valence-electron chi connectivity index (χ3n) is 2.84. The van der Waals surface area contributed by atoms with Gasteiger partial charge in [-0.2, -0.15) is 0 Å². The lowest BCUT2D eigenvalue weighted by Gasteiger charge is -2.39. The van der Waals surface area contributed by atoms with Crippen LogP contribution in [0.4, 0.5) is 0 Å². The molecule has 1 aromatic rings. The Hall–Kier alpha value is -1.18. The summed E-state index contributed by atoms with van der Waals surface area (Å²) in [6.07, 6.45) is -6.28. The minimum absolute atomic E-state index is 0.460. The first kappa shape index (κ1) is 13.3. The number of hydrogen-bond acceptors (Lipinski definition) is 6. The number of benzene rings is 1. The highest BCUT2D eigenvalue weighted by Crippen LogP contribution is 2.23. The van der Waals surface area contributed by atoms with E-state index in [0.717, 1.165) is 0 Å². The molecule has 1 aliphatic heterocycles. The van der Waals surface area contributed by atoms with Gasteiger partial charge >= 0.3 is 0 Å². The third-order valence-corrected chi connectivity index (χ3v) is 2.84. The van der Waals surface area contributed by atoms with E-state index in [1.165, 1.54) is 0 Å². The molecule has 0 amide bonds. The van der Waals surface area contributed by atoms with E-state index < -0.39 is 37.3 Å². The summed E-state index contributed by atoms with van der Waals surface area (Å²) >= 11 is 0. The van der Waals surface area contributed by atoms with E-state index in [9.17, 15) is 15.3 Å². The van der Waals surface area contributed by atoms with Gasteiger partial charge in [0.2, 0.25) is 6.29 Å². The Balaban J connectivity index is 2.08. The largest absolute Gasteiger partial charge is 0.462 e. The first-order valence-electron chi connectivity index (χ1n) is 5.65. The maximum absolute atomic E-state index is 9.74. The second kappa shape index (κ2) is 5.64. The molecular weight excluding hydrogens is 240 g/mol. The van der Waals surface area contributed by atoms with Crippen molar-refractivity contribution in [1.82, 2.24) is 0 Å². The molecular formula is C12H16O6. The van der Waals surface area contributed by atoms with Gasteiger partial charge in [0.25, 0.3) is 0 Å². The second-order valence-electron chi connectivity index (χ2n) is 4.13. The number of ether oxygens (including phenoxy) is 2. The standard InChI is InChI=1S/C12H16O6/c13-6-8-9(14)10(15)11(16)12(18-8)17-7-4-2-1-3-5-7/h1-5,8-16H,6H2/t8-,9+,10-,11-,12-/m1/s1. The van der Waals surface area contributed by atoms with Crippen molar-refractivity contribution < 1.29 is 29.9 Å². The Kier molecular flexibility index (Phi) is 4.15.